The molecule has 0 saturated carbocycles. The van der Waals surface area contributed by atoms with Crippen molar-refractivity contribution in [2.75, 3.05) is 5.32 Å². The highest BCUT2D eigenvalue weighted by atomic mass is 19.3. The first-order valence-electron chi connectivity index (χ1n) is 8.02. The number of aromatic nitrogens is 1. The van der Waals surface area contributed by atoms with Crippen LogP contribution in [-0.2, 0) is 10.7 Å². The van der Waals surface area contributed by atoms with Crippen molar-refractivity contribution in [3.8, 4) is 11.1 Å². The molecule has 1 heterocycles. The maximum absolute atomic E-state index is 13.5. The fourth-order valence-electron chi connectivity index (χ4n) is 2.45. The lowest BCUT2D eigenvalue weighted by Crippen LogP contribution is -2.13. The number of nitrogens with zero attached hydrogens (tertiary/aromatic N) is 1. The van der Waals surface area contributed by atoms with Gasteiger partial charge in [0, 0.05) is 37.6 Å². The minimum atomic E-state index is -2.96. The van der Waals surface area contributed by atoms with Gasteiger partial charge in [0.25, 0.3) is 5.92 Å². The highest BCUT2D eigenvalue weighted by molar-refractivity contribution is 6.03. The molecule has 0 fully saturated rings. The predicted molar refractivity (Wildman–Crippen MR) is 92.8 cm³/mol. The maximum atomic E-state index is 13.5. The number of halogens is 2. The standard InChI is InChI=1S/C19H20F2N2O2/c1-4-6-17(25)18-16(23-12(2)24)10-14(11-22-18)13-7-5-8-15(9-13)19(3,20)21/h5,7-11H,4,6H2,1-3H3,(H,23,24). The van der Waals surface area contributed by atoms with E-state index in [0.29, 0.717) is 24.0 Å². The van der Waals surface area contributed by atoms with Crippen molar-refractivity contribution in [1.82, 2.24) is 4.98 Å². The number of amides is 1. The number of alkyl halides is 2. The van der Waals surface area contributed by atoms with Crippen molar-refractivity contribution in [1.29, 1.82) is 0 Å². The molecule has 0 atom stereocenters. The second kappa shape index (κ2) is 7.51. The molecule has 1 aromatic carbocycles. The average Bonchev–Trinajstić information content (AvgIpc) is 2.53. The van der Waals surface area contributed by atoms with Crippen molar-refractivity contribution in [2.45, 2.75) is 39.5 Å². The van der Waals surface area contributed by atoms with Gasteiger partial charge >= 0.3 is 0 Å². The van der Waals surface area contributed by atoms with Gasteiger partial charge in [-0.05, 0) is 24.1 Å². The number of anilines is 1. The predicted octanol–water partition coefficient (Wildman–Crippen LogP) is 4.80. The SMILES string of the molecule is CCCC(=O)c1ncc(-c2cccc(C(C)(F)F)c2)cc1NC(C)=O. The van der Waals surface area contributed by atoms with E-state index in [4.69, 9.17) is 0 Å². The summed E-state index contributed by atoms with van der Waals surface area (Å²) in [7, 11) is 0. The van der Waals surface area contributed by atoms with Gasteiger partial charge in [-0.2, -0.15) is 0 Å². The van der Waals surface area contributed by atoms with Crippen LogP contribution in [0.2, 0.25) is 0 Å². The lowest BCUT2D eigenvalue weighted by molar-refractivity contribution is -0.114. The van der Waals surface area contributed by atoms with Crippen LogP contribution < -0.4 is 5.32 Å². The van der Waals surface area contributed by atoms with Gasteiger partial charge in [-0.3, -0.25) is 14.6 Å². The normalized spacial score (nSPS) is 11.2. The van der Waals surface area contributed by atoms with E-state index in [2.05, 4.69) is 10.3 Å². The van der Waals surface area contributed by atoms with E-state index < -0.39 is 5.92 Å². The first-order chi connectivity index (χ1) is 11.7. The van der Waals surface area contributed by atoms with E-state index in [1.54, 1.807) is 12.1 Å². The molecule has 0 spiro atoms. The quantitative estimate of drug-likeness (QED) is 0.764. The summed E-state index contributed by atoms with van der Waals surface area (Å²) in [5, 5.41) is 2.60. The molecule has 1 amide bonds. The van der Waals surface area contributed by atoms with E-state index in [1.165, 1.54) is 31.3 Å². The molecular formula is C19H20F2N2O2. The third-order valence-electron chi connectivity index (χ3n) is 3.64. The van der Waals surface area contributed by atoms with Crippen LogP contribution >= 0.6 is 0 Å². The summed E-state index contributed by atoms with van der Waals surface area (Å²) in [5.41, 5.74) is 1.43. The number of hydrogen-bond donors (Lipinski definition) is 1. The van der Waals surface area contributed by atoms with Gasteiger partial charge in [-0.1, -0.05) is 25.1 Å². The molecule has 2 aromatic rings. The van der Waals surface area contributed by atoms with Crippen LogP contribution in [0.25, 0.3) is 11.1 Å². The van der Waals surface area contributed by atoms with Gasteiger partial charge in [-0.15, -0.1) is 0 Å². The van der Waals surface area contributed by atoms with Crippen molar-refractivity contribution in [3.63, 3.8) is 0 Å². The summed E-state index contributed by atoms with van der Waals surface area (Å²) < 4.78 is 27.1. The summed E-state index contributed by atoms with van der Waals surface area (Å²) in [4.78, 5) is 27.8. The van der Waals surface area contributed by atoms with E-state index in [-0.39, 0.29) is 28.6 Å². The van der Waals surface area contributed by atoms with Gasteiger partial charge in [0.15, 0.2) is 5.78 Å². The molecule has 1 N–H and O–H groups in total. The second-order valence-corrected chi connectivity index (χ2v) is 5.94. The third-order valence-corrected chi connectivity index (χ3v) is 3.64. The molecule has 2 rings (SSSR count). The fourth-order valence-corrected chi connectivity index (χ4v) is 2.45. The molecule has 0 unspecified atom stereocenters. The molecule has 0 aliphatic heterocycles. The fraction of sp³-hybridized carbons (Fsp3) is 0.316. The van der Waals surface area contributed by atoms with Crippen LogP contribution in [0.15, 0.2) is 36.5 Å². The Bertz CT molecular complexity index is 798. The Balaban J connectivity index is 2.49. The highest BCUT2D eigenvalue weighted by Crippen LogP contribution is 2.31. The van der Waals surface area contributed by atoms with Crippen LogP contribution in [-0.4, -0.2) is 16.7 Å². The molecular weight excluding hydrogens is 326 g/mol. The zero-order valence-corrected chi connectivity index (χ0v) is 14.4. The van der Waals surface area contributed by atoms with Crippen molar-refractivity contribution >= 4 is 17.4 Å². The van der Waals surface area contributed by atoms with Gasteiger partial charge in [-0.25, -0.2) is 8.78 Å². The minimum Gasteiger partial charge on any atom is -0.324 e. The van der Waals surface area contributed by atoms with Crippen molar-refractivity contribution < 1.29 is 18.4 Å². The molecule has 1 aromatic heterocycles. The maximum Gasteiger partial charge on any atom is 0.270 e. The molecule has 0 aliphatic rings. The van der Waals surface area contributed by atoms with Gasteiger partial charge in [0.2, 0.25) is 5.91 Å². The zero-order valence-electron chi connectivity index (χ0n) is 14.4. The summed E-state index contributed by atoms with van der Waals surface area (Å²) >= 11 is 0. The monoisotopic (exact) mass is 346 g/mol. The minimum absolute atomic E-state index is 0.114. The molecule has 6 heteroatoms. The number of carbonyl (C=O) groups excluding carboxylic acids is 2. The number of pyridine rings is 1. The van der Waals surface area contributed by atoms with Crippen molar-refractivity contribution in [3.05, 3.63) is 47.8 Å². The lowest BCUT2D eigenvalue weighted by atomic mass is 10.0. The molecule has 0 aliphatic carbocycles. The Morgan fingerprint density at radius 2 is 1.92 bits per heavy atom. The van der Waals surface area contributed by atoms with Crippen LogP contribution in [0.4, 0.5) is 14.5 Å². The van der Waals surface area contributed by atoms with E-state index in [1.807, 2.05) is 6.92 Å². The summed E-state index contributed by atoms with van der Waals surface area (Å²) in [6, 6.07) is 7.53. The van der Waals surface area contributed by atoms with Crippen LogP contribution in [0.3, 0.4) is 0 Å². The molecule has 0 radical (unpaired) electrons. The zero-order chi connectivity index (χ0) is 18.6. The van der Waals surface area contributed by atoms with Gasteiger partial charge < -0.3 is 5.32 Å². The van der Waals surface area contributed by atoms with E-state index in [0.717, 1.165) is 6.92 Å². The molecule has 4 nitrogen and oxygen atoms in total. The third kappa shape index (κ3) is 4.68. The molecule has 0 saturated heterocycles. The largest absolute Gasteiger partial charge is 0.324 e. The second-order valence-electron chi connectivity index (χ2n) is 5.94. The van der Waals surface area contributed by atoms with Crippen molar-refractivity contribution in [2.24, 2.45) is 0 Å². The number of Topliss-reactive ketones (excluding diaryl/α,β-unsaturated/α-hetero) is 1. The van der Waals surface area contributed by atoms with Crippen LogP contribution in [0.1, 0.15) is 49.7 Å². The smallest absolute Gasteiger partial charge is 0.270 e. The Hall–Kier alpha value is -2.63. The topological polar surface area (TPSA) is 59.1 Å². The summed E-state index contributed by atoms with van der Waals surface area (Å²) in [5.74, 6) is -3.47. The number of hydrogen-bond acceptors (Lipinski definition) is 3. The van der Waals surface area contributed by atoms with Gasteiger partial charge in [0.05, 0.1) is 5.69 Å². The lowest BCUT2D eigenvalue weighted by Gasteiger charge is -2.14. The Kier molecular flexibility index (Phi) is 5.62. The van der Waals surface area contributed by atoms with Crippen LogP contribution in [0.5, 0.6) is 0 Å². The Morgan fingerprint density at radius 3 is 2.52 bits per heavy atom. The average molecular weight is 346 g/mol. The number of carbonyl (C=O) groups is 2. The number of nitrogens with one attached hydrogen (secondary N) is 1. The summed E-state index contributed by atoms with van der Waals surface area (Å²) in [6.07, 6.45) is 2.44. The van der Waals surface area contributed by atoms with E-state index in [9.17, 15) is 18.4 Å². The number of benzene rings is 1. The van der Waals surface area contributed by atoms with Crippen LogP contribution in [0, 0.1) is 0 Å². The molecule has 132 valence electrons. The number of rotatable bonds is 6. The first kappa shape index (κ1) is 18.7. The first-order valence-corrected chi connectivity index (χ1v) is 8.02. The summed E-state index contributed by atoms with van der Waals surface area (Å²) in [6.45, 7) is 4.04. The Labute approximate surface area is 145 Å². The number of ketones is 1. The highest BCUT2D eigenvalue weighted by Gasteiger charge is 2.24. The van der Waals surface area contributed by atoms with Gasteiger partial charge in [0.1, 0.15) is 5.69 Å². The molecule has 25 heavy (non-hydrogen) atoms. The molecule has 0 bridgehead atoms. The van der Waals surface area contributed by atoms with E-state index >= 15 is 0 Å². The Morgan fingerprint density at radius 1 is 1.20 bits per heavy atom.